The van der Waals surface area contributed by atoms with Crippen LogP contribution in [-0.2, 0) is 22.6 Å². The van der Waals surface area contributed by atoms with Gasteiger partial charge < -0.3 is 15.0 Å². The van der Waals surface area contributed by atoms with Crippen LogP contribution in [0.25, 0.3) is 0 Å². The predicted octanol–water partition coefficient (Wildman–Crippen LogP) is 6.24. The molecule has 0 fully saturated rings. The van der Waals surface area contributed by atoms with Crippen molar-refractivity contribution in [3.63, 3.8) is 0 Å². The second-order valence-corrected chi connectivity index (χ2v) is 9.68. The van der Waals surface area contributed by atoms with Gasteiger partial charge in [0.25, 0.3) is 5.91 Å². The Bertz CT molecular complexity index is 1170. The Balaban J connectivity index is 1.95. The van der Waals surface area contributed by atoms with E-state index >= 15 is 0 Å². The first-order valence-electron chi connectivity index (χ1n) is 12.0. The van der Waals surface area contributed by atoms with E-state index in [2.05, 4.69) is 5.32 Å². The van der Waals surface area contributed by atoms with E-state index in [1.54, 1.807) is 23.1 Å². The molecule has 2 amide bonds. The van der Waals surface area contributed by atoms with E-state index in [0.29, 0.717) is 27.8 Å². The van der Waals surface area contributed by atoms with Crippen molar-refractivity contribution in [2.75, 3.05) is 6.61 Å². The van der Waals surface area contributed by atoms with Crippen molar-refractivity contribution in [1.82, 2.24) is 10.2 Å². The molecule has 5 nitrogen and oxygen atoms in total. The number of amides is 2. The SMILES string of the molecule is CC[C@@H](C)NC(=O)[C@H](Cc1ccccc1)N(Cc1ccc(Cl)cc1Cl)C(=O)COc1ccccc1C. The maximum absolute atomic E-state index is 13.7. The highest BCUT2D eigenvalue weighted by molar-refractivity contribution is 6.35. The molecule has 0 unspecified atom stereocenters. The average Bonchev–Trinajstić information content (AvgIpc) is 2.87. The van der Waals surface area contributed by atoms with Crippen LogP contribution in [-0.4, -0.2) is 35.4 Å². The van der Waals surface area contributed by atoms with Crippen LogP contribution in [0.3, 0.4) is 0 Å². The zero-order valence-corrected chi connectivity index (χ0v) is 22.4. The summed E-state index contributed by atoms with van der Waals surface area (Å²) < 4.78 is 5.87. The Morgan fingerprint density at radius 2 is 1.69 bits per heavy atom. The summed E-state index contributed by atoms with van der Waals surface area (Å²) in [6, 6.07) is 21.5. The van der Waals surface area contributed by atoms with Gasteiger partial charge in [0.05, 0.1) is 0 Å². The van der Waals surface area contributed by atoms with Crippen molar-refractivity contribution < 1.29 is 14.3 Å². The Morgan fingerprint density at radius 1 is 1.00 bits per heavy atom. The lowest BCUT2D eigenvalue weighted by Crippen LogP contribution is -2.53. The summed E-state index contributed by atoms with van der Waals surface area (Å²) in [4.78, 5) is 28.7. The van der Waals surface area contributed by atoms with E-state index in [9.17, 15) is 9.59 Å². The molecule has 3 aromatic rings. The lowest BCUT2D eigenvalue weighted by atomic mass is 10.0. The standard InChI is InChI=1S/C29H32Cl2N2O3/c1-4-21(3)32-29(35)26(16-22-11-6-5-7-12-22)33(18-23-14-15-24(30)17-25(23)31)28(34)19-36-27-13-9-8-10-20(27)2/h5-15,17,21,26H,4,16,18-19H2,1-3H3,(H,32,35)/t21-,26+/m1/s1. The highest BCUT2D eigenvalue weighted by Gasteiger charge is 2.31. The van der Waals surface area contributed by atoms with Crippen LogP contribution in [0.1, 0.15) is 37.0 Å². The molecule has 0 heterocycles. The first-order chi connectivity index (χ1) is 17.3. The van der Waals surface area contributed by atoms with Crippen LogP contribution in [0, 0.1) is 6.92 Å². The Labute approximate surface area is 223 Å². The first kappa shape index (κ1) is 27.6. The molecular formula is C29H32Cl2N2O3. The van der Waals surface area contributed by atoms with Crippen LogP contribution >= 0.6 is 23.2 Å². The number of hydrogen-bond donors (Lipinski definition) is 1. The number of nitrogens with one attached hydrogen (secondary N) is 1. The van der Waals surface area contributed by atoms with E-state index < -0.39 is 6.04 Å². The van der Waals surface area contributed by atoms with E-state index in [1.807, 2.05) is 75.4 Å². The summed E-state index contributed by atoms with van der Waals surface area (Å²) in [6.07, 6.45) is 1.13. The normalized spacial score (nSPS) is 12.5. The van der Waals surface area contributed by atoms with Gasteiger partial charge in [-0.3, -0.25) is 9.59 Å². The average molecular weight is 527 g/mol. The zero-order valence-electron chi connectivity index (χ0n) is 20.8. The van der Waals surface area contributed by atoms with Crippen LogP contribution in [0.4, 0.5) is 0 Å². The molecule has 0 aliphatic heterocycles. The molecule has 3 aromatic carbocycles. The molecule has 0 saturated carbocycles. The van der Waals surface area contributed by atoms with Gasteiger partial charge in [-0.25, -0.2) is 0 Å². The van der Waals surface area contributed by atoms with Crippen molar-refractivity contribution in [1.29, 1.82) is 0 Å². The molecule has 0 aliphatic carbocycles. The van der Waals surface area contributed by atoms with Gasteiger partial charge in [-0.1, -0.05) is 84.7 Å². The predicted molar refractivity (Wildman–Crippen MR) is 146 cm³/mol. The lowest BCUT2D eigenvalue weighted by molar-refractivity contribution is -0.143. The second-order valence-electron chi connectivity index (χ2n) is 8.83. The van der Waals surface area contributed by atoms with Gasteiger partial charge in [-0.05, 0) is 55.2 Å². The van der Waals surface area contributed by atoms with Gasteiger partial charge in [0.15, 0.2) is 6.61 Å². The number of carbonyl (C=O) groups is 2. The fourth-order valence-electron chi connectivity index (χ4n) is 3.77. The third kappa shape index (κ3) is 7.74. The largest absolute Gasteiger partial charge is 0.484 e. The number of para-hydroxylation sites is 1. The molecule has 0 bridgehead atoms. The van der Waals surface area contributed by atoms with E-state index in [4.69, 9.17) is 27.9 Å². The Kier molecular flexibility index (Phi) is 10.2. The van der Waals surface area contributed by atoms with Crippen LogP contribution in [0.2, 0.25) is 10.0 Å². The molecule has 7 heteroatoms. The van der Waals surface area contributed by atoms with Gasteiger partial charge in [-0.15, -0.1) is 0 Å². The zero-order chi connectivity index (χ0) is 26.1. The maximum atomic E-state index is 13.7. The maximum Gasteiger partial charge on any atom is 0.261 e. The van der Waals surface area contributed by atoms with E-state index in [1.165, 1.54) is 0 Å². The van der Waals surface area contributed by atoms with Gasteiger partial charge in [0.1, 0.15) is 11.8 Å². The highest BCUT2D eigenvalue weighted by Crippen LogP contribution is 2.24. The number of carbonyl (C=O) groups excluding carboxylic acids is 2. The Hall–Kier alpha value is -3.02. The van der Waals surface area contributed by atoms with Crippen molar-refractivity contribution in [3.8, 4) is 5.75 Å². The van der Waals surface area contributed by atoms with E-state index in [0.717, 1.165) is 17.5 Å². The smallest absolute Gasteiger partial charge is 0.261 e. The van der Waals surface area contributed by atoms with Crippen molar-refractivity contribution in [2.45, 2.75) is 52.2 Å². The number of nitrogens with zero attached hydrogens (tertiary/aromatic N) is 1. The monoisotopic (exact) mass is 526 g/mol. The van der Waals surface area contributed by atoms with Crippen LogP contribution < -0.4 is 10.1 Å². The summed E-state index contributed by atoms with van der Waals surface area (Å²) in [6.45, 7) is 5.79. The number of halogens is 2. The number of benzene rings is 3. The molecule has 3 rings (SSSR count). The number of aryl methyl sites for hydroxylation is 1. The molecule has 0 spiro atoms. The van der Waals surface area contributed by atoms with Crippen LogP contribution in [0.5, 0.6) is 5.75 Å². The Morgan fingerprint density at radius 3 is 2.36 bits per heavy atom. The summed E-state index contributed by atoms with van der Waals surface area (Å²) in [7, 11) is 0. The lowest BCUT2D eigenvalue weighted by Gasteiger charge is -2.32. The molecule has 36 heavy (non-hydrogen) atoms. The third-order valence-corrected chi connectivity index (χ3v) is 6.66. The minimum atomic E-state index is -0.763. The fourth-order valence-corrected chi connectivity index (χ4v) is 4.24. The third-order valence-electron chi connectivity index (χ3n) is 6.07. The van der Waals surface area contributed by atoms with Gasteiger partial charge >= 0.3 is 0 Å². The minimum absolute atomic E-state index is 0.0323. The molecule has 190 valence electrons. The van der Waals surface area contributed by atoms with Crippen molar-refractivity contribution in [3.05, 3.63) is 99.5 Å². The van der Waals surface area contributed by atoms with Gasteiger partial charge in [-0.2, -0.15) is 0 Å². The summed E-state index contributed by atoms with van der Waals surface area (Å²) in [5.74, 6) is 0.0889. The van der Waals surface area contributed by atoms with Crippen LogP contribution in [0.15, 0.2) is 72.8 Å². The molecule has 1 N–H and O–H groups in total. The van der Waals surface area contributed by atoms with E-state index in [-0.39, 0.29) is 31.0 Å². The van der Waals surface area contributed by atoms with Crippen molar-refractivity contribution >= 4 is 35.0 Å². The van der Waals surface area contributed by atoms with Gasteiger partial charge in [0.2, 0.25) is 5.91 Å². The molecule has 0 saturated heterocycles. The number of hydrogen-bond acceptors (Lipinski definition) is 3. The molecule has 0 aliphatic rings. The summed E-state index contributed by atoms with van der Waals surface area (Å²) >= 11 is 12.6. The molecule has 0 aromatic heterocycles. The molecular weight excluding hydrogens is 495 g/mol. The van der Waals surface area contributed by atoms with Crippen molar-refractivity contribution in [2.24, 2.45) is 0 Å². The van der Waals surface area contributed by atoms with Gasteiger partial charge in [0, 0.05) is 29.1 Å². The molecule has 2 atom stereocenters. The number of ether oxygens (including phenoxy) is 1. The molecule has 0 radical (unpaired) electrons. The first-order valence-corrected chi connectivity index (χ1v) is 12.8. The highest BCUT2D eigenvalue weighted by atomic mass is 35.5. The summed E-state index contributed by atoms with van der Waals surface area (Å²) in [5, 5.41) is 3.98. The quantitative estimate of drug-likeness (QED) is 0.322. The topological polar surface area (TPSA) is 58.6 Å². The fraction of sp³-hybridized carbons (Fsp3) is 0.310. The minimum Gasteiger partial charge on any atom is -0.484 e. The summed E-state index contributed by atoms with van der Waals surface area (Å²) in [5.41, 5.74) is 2.56. The number of rotatable bonds is 11. The second kappa shape index (κ2) is 13.3.